The SMILES string of the molecule is O=C(CCN1CCN(CCO)CC1)c1ccc(F)cn1. The van der Waals surface area contributed by atoms with Crippen molar-refractivity contribution < 1.29 is 14.3 Å². The van der Waals surface area contributed by atoms with E-state index in [1.165, 1.54) is 12.1 Å². The third-order valence-electron chi connectivity index (χ3n) is 3.55. The van der Waals surface area contributed by atoms with Crippen molar-refractivity contribution in [3.05, 3.63) is 29.8 Å². The van der Waals surface area contributed by atoms with Crippen LogP contribution in [0.15, 0.2) is 18.3 Å². The predicted molar refractivity (Wildman–Crippen MR) is 73.1 cm³/mol. The number of nitrogens with zero attached hydrogens (tertiary/aromatic N) is 3. The average Bonchev–Trinajstić information content (AvgIpc) is 2.47. The second kappa shape index (κ2) is 7.42. The summed E-state index contributed by atoms with van der Waals surface area (Å²) in [5.74, 6) is -0.482. The van der Waals surface area contributed by atoms with Crippen LogP contribution in [0.1, 0.15) is 16.9 Å². The van der Waals surface area contributed by atoms with Crippen LogP contribution in [-0.4, -0.2) is 71.5 Å². The van der Waals surface area contributed by atoms with Crippen LogP contribution in [-0.2, 0) is 0 Å². The zero-order chi connectivity index (χ0) is 14.4. The van der Waals surface area contributed by atoms with E-state index in [0.29, 0.717) is 25.2 Å². The Morgan fingerprint density at radius 3 is 2.40 bits per heavy atom. The molecule has 0 amide bonds. The maximum atomic E-state index is 12.7. The van der Waals surface area contributed by atoms with E-state index in [1.807, 2.05) is 0 Å². The Hall–Kier alpha value is -1.37. The number of rotatable bonds is 6. The molecule has 1 saturated heterocycles. The van der Waals surface area contributed by atoms with Gasteiger partial charge in [-0.1, -0.05) is 0 Å². The molecule has 0 unspecified atom stereocenters. The van der Waals surface area contributed by atoms with Gasteiger partial charge in [0.15, 0.2) is 5.78 Å². The summed E-state index contributed by atoms with van der Waals surface area (Å²) in [6.45, 7) is 5.26. The lowest BCUT2D eigenvalue weighted by atomic mass is 10.2. The summed E-state index contributed by atoms with van der Waals surface area (Å²) < 4.78 is 12.7. The van der Waals surface area contributed by atoms with E-state index >= 15 is 0 Å². The van der Waals surface area contributed by atoms with Gasteiger partial charge in [0.05, 0.1) is 12.8 Å². The smallest absolute Gasteiger partial charge is 0.182 e. The standard InChI is InChI=1S/C14H20FN3O2/c15-12-1-2-13(16-11-12)14(20)3-4-17-5-7-18(8-6-17)9-10-19/h1-2,11,19H,3-10H2. The molecule has 0 bridgehead atoms. The van der Waals surface area contributed by atoms with Crippen molar-refractivity contribution in [3.63, 3.8) is 0 Å². The Morgan fingerprint density at radius 2 is 1.85 bits per heavy atom. The number of carbonyl (C=O) groups excluding carboxylic acids is 1. The maximum Gasteiger partial charge on any atom is 0.182 e. The molecule has 20 heavy (non-hydrogen) atoms. The molecule has 6 heteroatoms. The normalized spacial score (nSPS) is 17.3. The minimum atomic E-state index is -0.429. The van der Waals surface area contributed by atoms with Gasteiger partial charge in [0.2, 0.25) is 0 Å². The van der Waals surface area contributed by atoms with Crippen LogP contribution < -0.4 is 0 Å². The van der Waals surface area contributed by atoms with Gasteiger partial charge in [0, 0.05) is 45.7 Å². The first-order chi connectivity index (χ1) is 9.69. The summed E-state index contributed by atoms with van der Waals surface area (Å²) in [4.78, 5) is 20.1. The number of ketones is 1. The lowest BCUT2D eigenvalue weighted by molar-refractivity contribution is 0.0903. The van der Waals surface area contributed by atoms with Gasteiger partial charge in [0.25, 0.3) is 0 Å². The third kappa shape index (κ3) is 4.33. The average molecular weight is 281 g/mol. The number of Topliss-reactive ketones (excluding diaryl/α,β-unsaturated/α-hetero) is 1. The Balaban J connectivity index is 1.73. The molecule has 1 aromatic rings. The number of β-amino-alcohol motifs (C(OH)–C–C–N with tert-alkyl or cyclic N) is 1. The number of piperazine rings is 1. The fourth-order valence-electron chi connectivity index (χ4n) is 2.31. The molecule has 0 aliphatic carbocycles. The molecule has 0 saturated carbocycles. The van der Waals surface area contributed by atoms with Gasteiger partial charge in [-0.25, -0.2) is 4.39 Å². The highest BCUT2D eigenvalue weighted by molar-refractivity contribution is 5.94. The molecule has 0 radical (unpaired) electrons. The van der Waals surface area contributed by atoms with Crippen molar-refractivity contribution in [2.75, 3.05) is 45.9 Å². The fourth-order valence-corrected chi connectivity index (χ4v) is 2.31. The van der Waals surface area contributed by atoms with Crippen molar-refractivity contribution in [1.82, 2.24) is 14.8 Å². The molecule has 110 valence electrons. The summed E-state index contributed by atoms with van der Waals surface area (Å²) in [6.07, 6.45) is 1.47. The molecular weight excluding hydrogens is 261 g/mol. The summed E-state index contributed by atoms with van der Waals surface area (Å²) >= 11 is 0. The Bertz CT molecular complexity index is 431. The van der Waals surface area contributed by atoms with E-state index in [-0.39, 0.29) is 12.4 Å². The minimum Gasteiger partial charge on any atom is -0.395 e. The van der Waals surface area contributed by atoms with Gasteiger partial charge in [-0.15, -0.1) is 0 Å². The minimum absolute atomic E-state index is 0.0530. The first kappa shape index (κ1) is 15.0. The zero-order valence-electron chi connectivity index (χ0n) is 11.5. The zero-order valence-corrected chi connectivity index (χ0v) is 11.5. The van der Waals surface area contributed by atoms with Gasteiger partial charge >= 0.3 is 0 Å². The summed E-state index contributed by atoms with van der Waals surface area (Å²) in [5, 5.41) is 8.87. The first-order valence-electron chi connectivity index (χ1n) is 6.89. The monoisotopic (exact) mass is 281 g/mol. The van der Waals surface area contributed by atoms with Crippen LogP contribution >= 0.6 is 0 Å². The largest absolute Gasteiger partial charge is 0.395 e. The number of aromatic nitrogens is 1. The van der Waals surface area contributed by atoms with Gasteiger partial charge in [-0.05, 0) is 12.1 Å². The molecule has 1 fully saturated rings. The number of carbonyl (C=O) groups is 1. The maximum absolute atomic E-state index is 12.7. The lowest BCUT2D eigenvalue weighted by Crippen LogP contribution is -2.47. The molecule has 2 rings (SSSR count). The van der Waals surface area contributed by atoms with Gasteiger partial charge < -0.3 is 10.0 Å². The van der Waals surface area contributed by atoms with E-state index in [0.717, 1.165) is 32.4 Å². The van der Waals surface area contributed by atoms with Crippen molar-refractivity contribution in [3.8, 4) is 0 Å². The molecule has 1 aliphatic rings. The van der Waals surface area contributed by atoms with Crippen LogP contribution in [0.5, 0.6) is 0 Å². The van der Waals surface area contributed by atoms with E-state index in [9.17, 15) is 9.18 Å². The molecule has 1 N–H and O–H groups in total. The van der Waals surface area contributed by atoms with Crippen molar-refractivity contribution in [2.45, 2.75) is 6.42 Å². The van der Waals surface area contributed by atoms with E-state index in [4.69, 9.17) is 5.11 Å². The molecular formula is C14H20FN3O2. The van der Waals surface area contributed by atoms with Crippen LogP contribution in [0.4, 0.5) is 4.39 Å². The second-order valence-corrected chi connectivity index (χ2v) is 4.94. The van der Waals surface area contributed by atoms with Crippen LogP contribution in [0.3, 0.4) is 0 Å². The fraction of sp³-hybridized carbons (Fsp3) is 0.571. The highest BCUT2D eigenvalue weighted by Gasteiger charge is 2.17. The number of aliphatic hydroxyl groups excluding tert-OH is 1. The van der Waals surface area contributed by atoms with Crippen molar-refractivity contribution >= 4 is 5.78 Å². The van der Waals surface area contributed by atoms with Gasteiger partial charge in [-0.2, -0.15) is 0 Å². The van der Waals surface area contributed by atoms with Crippen molar-refractivity contribution in [2.24, 2.45) is 0 Å². The highest BCUT2D eigenvalue weighted by atomic mass is 19.1. The number of hydrogen-bond acceptors (Lipinski definition) is 5. The molecule has 0 aromatic carbocycles. The molecule has 2 heterocycles. The lowest BCUT2D eigenvalue weighted by Gasteiger charge is -2.34. The van der Waals surface area contributed by atoms with Crippen molar-refractivity contribution in [1.29, 1.82) is 0 Å². The number of halogens is 1. The summed E-state index contributed by atoms with van der Waals surface area (Å²) in [5.41, 5.74) is 0.324. The van der Waals surface area contributed by atoms with E-state index in [2.05, 4.69) is 14.8 Å². The van der Waals surface area contributed by atoms with Gasteiger partial charge in [0.1, 0.15) is 11.5 Å². The highest BCUT2D eigenvalue weighted by Crippen LogP contribution is 2.06. The molecule has 0 atom stereocenters. The summed E-state index contributed by atoms with van der Waals surface area (Å²) in [6, 6.07) is 2.69. The number of pyridine rings is 1. The second-order valence-electron chi connectivity index (χ2n) is 4.94. The van der Waals surface area contributed by atoms with E-state index < -0.39 is 5.82 Å². The van der Waals surface area contributed by atoms with E-state index in [1.54, 1.807) is 0 Å². The van der Waals surface area contributed by atoms with Crippen LogP contribution in [0, 0.1) is 5.82 Å². The topological polar surface area (TPSA) is 56.7 Å². The van der Waals surface area contributed by atoms with Crippen LogP contribution in [0.25, 0.3) is 0 Å². The molecule has 1 aliphatic heterocycles. The molecule has 5 nitrogen and oxygen atoms in total. The Kier molecular flexibility index (Phi) is 5.58. The number of hydrogen-bond donors (Lipinski definition) is 1. The Morgan fingerprint density at radius 1 is 1.20 bits per heavy atom. The predicted octanol–water partition coefficient (Wildman–Crippen LogP) is 0.403. The molecule has 1 aromatic heterocycles. The molecule has 0 spiro atoms. The van der Waals surface area contributed by atoms with Gasteiger partial charge in [-0.3, -0.25) is 14.7 Å². The number of aliphatic hydroxyl groups is 1. The summed E-state index contributed by atoms with van der Waals surface area (Å²) in [7, 11) is 0. The quantitative estimate of drug-likeness (QED) is 0.765. The van der Waals surface area contributed by atoms with Crippen LogP contribution in [0.2, 0.25) is 0 Å². The Labute approximate surface area is 118 Å². The first-order valence-corrected chi connectivity index (χ1v) is 6.89. The third-order valence-corrected chi connectivity index (χ3v) is 3.55.